The van der Waals surface area contributed by atoms with Gasteiger partial charge in [-0.15, -0.1) is 0 Å². The monoisotopic (exact) mass is 167 g/mol. The molecule has 0 saturated heterocycles. The lowest BCUT2D eigenvalue weighted by molar-refractivity contribution is 0.520. The molecule has 0 bridgehead atoms. The summed E-state index contributed by atoms with van der Waals surface area (Å²) in [5.41, 5.74) is -0.117. The molecule has 0 saturated carbocycles. The van der Waals surface area contributed by atoms with Gasteiger partial charge in [-0.3, -0.25) is 0 Å². The van der Waals surface area contributed by atoms with Crippen molar-refractivity contribution in [1.82, 2.24) is 0 Å². The van der Waals surface area contributed by atoms with Gasteiger partial charge in [0.05, 0.1) is 24.1 Å². The van der Waals surface area contributed by atoms with Gasteiger partial charge >= 0.3 is 0 Å². The second-order valence-corrected chi connectivity index (χ2v) is 3.83. The van der Waals surface area contributed by atoms with E-state index in [1.54, 1.807) is 0 Å². The van der Waals surface area contributed by atoms with Crippen LogP contribution in [0.5, 0.6) is 0 Å². The highest BCUT2D eigenvalue weighted by Crippen LogP contribution is 2.08. The summed E-state index contributed by atoms with van der Waals surface area (Å²) in [4.78, 5) is 0. The van der Waals surface area contributed by atoms with Gasteiger partial charge in [0.1, 0.15) is 0 Å². The Bertz CT molecular complexity index is 183. The normalized spacial score (nSPS) is 14.6. The Morgan fingerprint density at radius 2 is 2.00 bits per heavy atom. The molecule has 0 radical (unpaired) electrons. The highest BCUT2D eigenvalue weighted by atomic mass is 15.1. The molecule has 0 amide bonds. The Morgan fingerprint density at radius 1 is 1.42 bits per heavy atom. The molecule has 0 aromatic rings. The number of azo groups is 1. The third-order valence-electron chi connectivity index (χ3n) is 1.35. The molecule has 1 atom stereocenters. The van der Waals surface area contributed by atoms with Gasteiger partial charge in [0, 0.05) is 0 Å². The first-order valence-corrected chi connectivity index (χ1v) is 4.28. The van der Waals surface area contributed by atoms with Crippen molar-refractivity contribution in [2.24, 2.45) is 16.1 Å². The van der Waals surface area contributed by atoms with Crippen LogP contribution in [0.1, 0.15) is 34.1 Å². The molecular weight excluding hydrogens is 150 g/mol. The lowest BCUT2D eigenvalue weighted by Crippen LogP contribution is -2.09. The van der Waals surface area contributed by atoms with Gasteiger partial charge < -0.3 is 0 Å². The third-order valence-corrected chi connectivity index (χ3v) is 1.35. The number of nitriles is 1. The average molecular weight is 167 g/mol. The maximum absolute atomic E-state index is 8.60. The summed E-state index contributed by atoms with van der Waals surface area (Å²) < 4.78 is 0. The van der Waals surface area contributed by atoms with E-state index < -0.39 is 0 Å². The Labute approximate surface area is 74.5 Å². The molecule has 1 unspecified atom stereocenters. The van der Waals surface area contributed by atoms with E-state index in [1.165, 1.54) is 0 Å². The number of nitrogens with zero attached hydrogens (tertiary/aromatic N) is 3. The predicted octanol–water partition coefficient (Wildman–Crippen LogP) is 2.79. The van der Waals surface area contributed by atoms with Crippen molar-refractivity contribution in [3.63, 3.8) is 0 Å². The first-order valence-electron chi connectivity index (χ1n) is 4.28. The summed E-state index contributed by atoms with van der Waals surface area (Å²) in [6, 6.07) is 2.18. The molecule has 0 aromatic heterocycles. The Kier molecular flexibility index (Phi) is 4.50. The van der Waals surface area contributed by atoms with Crippen molar-refractivity contribution in [3.05, 3.63) is 0 Å². The largest absolute Gasteiger partial charge is 0.198 e. The molecule has 12 heavy (non-hydrogen) atoms. The van der Waals surface area contributed by atoms with Crippen molar-refractivity contribution in [2.75, 3.05) is 6.54 Å². The van der Waals surface area contributed by atoms with E-state index in [1.807, 2.05) is 27.7 Å². The van der Waals surface area contributed by atoms with Gasteiger partial charge in [-0.2, -0.15) is 15.5 Å². The highest BCUT2D eigenvalue weighted by Gasteiger charge is 2.07. The van der Waals surface area contributed by atoms with Crippen LogP contribution in [0, 0.1) is 17.2 Å². The van der Waals surface area contributed by atoms with E-state index in [0.29, 0.717) is 6.54 Å². The zero-order valence-corrected chi connectivity index (χ0v) is 8.33. The van der Waals surface area contributed by atoms with Crippen molar-refractivity contribution in [3.8, 4) is 6.07 Å². The van der Waals surface area contributed by atoms with E-state index in [0.717, 1.165) is 6.42 Å². The van der Waals surface area contributed by atoms with Gasteiger partial charge in [-0.25, -0.2) is 0 Å². The van der Waals surface area contributed by atoms with E-state index >= 15 is 0 Å². The highest BCUT2D eigenvalue weighted by molar-refractivity contribution is 4.82. The van der Waals surface area contributed by atoms with Gasteiger partial charge in [0.15, 0.2) is 0 Å². The Balaban J connectivity index is 3.83. The van der Waals surface area contributed by atoms with Crippen molar-refractivity contribution >= 4 is 0 Å². The lowest BCUT2D eigenvalue weighted by atomic mass is 10.1. The average Bonchev–Trinajstić information content (AvgIpc) is 1.96. The summed E-state index contributed by atoms with van der Waals surface area (Å²) in [6.45, 7) is 8.49. The van der Waals surface area contributed by atoms with Crippen molar-refractivity contribution in [2.45, 2.75) is 39.7 Å². The Hall–Kier alpha value is -0.910. The number of hydrogen-bond donors (Lipinski definition) is 0. The van der Waals surface area contributed by atoms with Crippen LogP contribution >= 0.6 is 0 Å². The first kappa shape index (κ1) is 11.1. The molecule has 0 aliphatic heterocycles. The standard InChI is InChI=1S/C9H17N3/c1-5-8(6-10)7-11-12-9(2,3)4/h8H,5,7H2,1-4H3/b12-11+. The number of rotatable bonds is 3. The summed E-state index contributed by atoms with van der Waals surface area (Å²) >= 11 is 0. The summed E-state index contributed by atoms with van der Waals surface area (Å²) in [6.07, 6.45) is 0.847. The molecule has 0 fully saturated rings. The van der Waals surface area contributed by atoms with Gasteiger partial charge in [-0.1, -0.05) is 6.92 Å². The molecule has 3 heteroatoms. The van der Waals surface area contributed by atoms with Crippen LogP contribution in [0.4, 0.5) is 0 Å². The van der Waals surface area contributed by atoms with Crippen LogP contribution in [0.15, 0.2) is 10.2 Å². The zero-order valence-electron chi connectivity index (χ0n) is 8.33. The molecule has 0 rings (SSSR count). The second-order valence-electron chi connectivity index (χ2n) is 3.83. The van der Waals surface area contributed by atoms with Crippen LogP contribution in [0.3, 0.4) is 0 Å². The topological polar surface area (TPSA) is 48.5 Å². The number of hydrogen-bond acceptors (Lipinski definition) is 3. The quantitative estimate of drug-likeness (QED) is 0.596. The van der Waals surface area contributed by atoms with E-state index in [9.17, 15) is 0 Å². The fraction of sp³-hybridized carbons (Fsp3) is 0.889. The van der Waals surface area contributed by atoms with Crippen molar-refractivity contribution < 1.29 is 0 Å². The second kappa shape index (κ2) is 4.87. The van der Waals surface area contributed by atoms with Crippen LogP contribution in [-0.4, -0.2) is 12.1 Å². The summed E-state index contributed by atoms with van der Waals surface area (Å²) in [7, 11) is 0. The first-order chi connectivity index (χ1) is 5.49. The lowest BCUT2D eigenvalue weighted by Gasteiger charge is -2.09. The maximum atomic E-state index is 8.60. The minimum atomic E-state index is -0.117. The third kappa shape index (κ3) is 5.84. The van der Waals surface area contributed by atoms with E-state index in [2.05, 4.69) is 16.3 Å². The van der Waals surface area contributed by atoms with E-state index in [-0.39, 0.29) is 11.5 Å². The molecule has 0 aliphatic carbocycles. The van der Waals surface area contributed by atoms with Gasteiger partial charge in [-0.05, 0) is 27.2 Å². The van der Waals surface area contributed by atoms with Gasteiger partial charge in [0.25, 0.3) is 0 Å². The maximum Gasteiger partial charge on any atom is 0.0757 e. The van der Waals surface area contributed by atoms with Crippen molar-refractivity contribution in [1.29, 1.82) is 5.26 Å². The molecule has 0 aromatic carbocycles. The molecule has 0 N–H and O–H groups in total. The molecular formula is C9H17N3. The minimum absolute atomic E-state index is 0.0242. The molecule has 3 nitrogen and oxygen atoms in total. The molecule has 0 aliphatic rings. The van der Waals surface area contributed by atoms with Crippen LogP contribution < -0.4 is 0 Å². The summed E-state index contributed by atoms with van der Waals surface area (Å²) in [5.74, 6) is 0.0242. The Morgan fingerprint density at radius 3 is 2.33 bits per heavy atom. The zero-order chi connectivity index (χ0) is 9.61. The SMILES string of the molecule is CCC(C#N)C/N=N/C(C)(C)C. The van der Waals surface area contributed by atoms with Crippen LogP contribution in [0.2, 0.25) is 0 Å². The summed E-state index contributed by atoms with van der Waals surface area (Å²) in [5, 5.41) is 16.7. The van der Waals surface area contributed by atoms with Crippen LogP contribution in [-0.2, 0) is 0 Å². The predicted molar refractivity (Wildman–Crippen MR) is 48.9 cm³/mol. The van der Waals surface area contributed by atoms with Gasteiger partial charge in [0.2, 0.25) is 0 Å². The minimum Gasteiger partial charge on any atom is -0.198 e. The fourth-order valence-electron chi connectivity index (χ4n) is 0.613. The molecule has 68 valence electrons. The van der Waals surface area contributed by atoms with Crippen LogP contribution in [0.25, 0.3) is 0 Å². The molecule has 0 heterocycles. The smallest absolute Gasteiger partial charge is 0.0757 e. The molecule has 0 spiro atoms. The fourth-order valence-corrected chi connectivity index (χ4v) is 0.613. The van der Waals surface area contributed by atoms with E-state index in [4.69, 9.17) is 5.26 Å².